The van der Waals surface area contributed by atoms with Crippen LogP contribution in [0.3, 0.4) is 0 Å². The van der Waals surface area contributed by atoms with Crippen LogP contribution in [-0.4, -0.2) is 34.6 Å². The van der Waals surface area contributed by atoms with E-state index in [1.165, 1.54) is 4.90 Å². The van der Waals surface area contributed by atoms with Crippen molar-refractivity contribution in [3.63, 3.8) is 0 Å². The molecule has 0 unspecified atom stereocenters. The third-order valence-corrected chi connectivity index (χ3v) is 4.50. The van der Waals surface area contributed by atoms with Gasteiger partial charge in [-0.3, -0.25) is 14.6 Å². The van der Waals surface area contributed by atoms with Gasteiger partial charge >= 0.3 is 0 Å². The van der Waals surface area contributed by atoms with Gasteiger partial charge in [-0.25, -0.2) is 0 Å². The molecule has 0 fully saturated rings. The summed E-state index contributed by atoms with van der Waals surface area (Å²) in [5.74, 6) is -0.529. The fourth-order valence-corrected chi connectivity index (χ4v) is 2.93. The van der Waals surface area contributed by atoms with E-state index in [1.807, 2.05) is 45.0 Å². The molecule has 0 radical (unpaired) electrons. The number of aliphatic imine (C=N–C) groups is 1. The van der Waals surface area contributed by atoms with Gasteiger partial charge < -0.3 is 10.2 Å². The molecule has 0 spiro atoms. The summed E-state index contributed by atoms with van der Waals surface area (Å²) in [6.07, 6.45) is 0. The normalized spacial score (nSPS) is 15.8. The highest BCUT2D eigenvalue weighted by Gasteiger charge is 2.41. The smallest absolute Gasteiger partial charge is 0.275 e. The van der Waals surface area contributed by atoms with Crippen LogP contribution in [0.25, 0.3) is 0 Å². The van der Waals surface area contributed by atoms with Gasteiger partial charge in [0.05, 0.1) is 0 Å². The third-order valence-electron chi connectivity index (χ3n) is 4.25. The Bertz CT molecular complexity index is 871. The molecule has 1 N–H and O–H groups in total. The largest absolute Gasteiger partial charge is 0.325 e. The zero-order valence-corrected chi connectivity index (χ0v) is 15.7. The van der Waals surface area contributed by atoms with Crippen LogP contribution in [0.5, 0.6) is 0 Å². The Morgan fingerprint density at radius 3 is 2.35 bits per heavy atom. The maximum atomic E-state index is 12.8. The highest BCUT2D eigenvalue weighted by molar-refractivity contribution is 6.47. The monoisotopic (exact) mass is 369 g/mol. The topological polar surface area (TPSA) is 61.8 Å². The average molecular weight is 370 g/mol. The fraction of sp³-hybridized carbons (Fsp3) is 0.250. The number of carbonyl (C=O) groups excluding carboxylic acids is 2. The summed E-state index contributed by atoms with van der Waals surface area (Å²) in [7, 11) is 0. The predicted octanol–water partition coefficient (Wildman–Crippen LogP) is 3.65. The number of rotatable bonds is 4. The minimum atomic E-state index is -0.795. The van der Waals surface area contributed by atoms with E-state index in [0.717, 1.165) is 5.56 Å². The first-order valence-corrected chi connectivity index (χ1v) is 8.68. The van der Waals surface area contributed by atoms with Gasteiger partial charge in [0, 0.05) is 16.3 Å². The molecule has 1 aliphatic rings. The maximum absolute atomic E-state index is 12.8. The molecular formula is C20H20ClN3O2. The number of benzene rings is 2. The third kappa shape index (κ3) is 3.78. The summed E-state index contributed by atoms with van der Waals surface area (Å²) in [5, 5.41) is 3.41. The second-order valence-electron chi connectivity index (χ2n) is 6.77. The number of nitrogens with zero attached hydrogens (tertiary/aromatic N) is 2. The lowest BCUT2D eigenvalue weighted by atomic mass is 10.1. The number of nitrogens with one attached hydrogen (secondary N) is 1. The average Bonchev–Trinajstić information content (AvgIpc) is 2.81. The Labute approximate surface area is 157 Å². The predicted molar refractivity (Wildman–Crippen MR) is 104 cm³/mol. The van der Waals surface area contributed by atoms with Gasteiger partial charge in [-0.2, -0.15) is 0 Å². The first kappa shape index (κ1) is 18.1. The molecule has 1 heterocycles. The molecular weight excluding hydrogens is 350 g/mol. The van der Waals surface area contributed by atoms with Gasteiger partial charge in [-0.1, -0.05) is 41.4 Å². The molecule has 6 heteroatoms. The molecule has 0 atom stereocenters. The molecule has 5 nitrogen and oxygen atoms in total. The molecule has 0 saturated carbocycles. The number of aryl methyl sites for hydroxylation is 1. The first-order chi connectivity index (χ1) is 12.3. The fourth-order valence-electron chi connectivity index (χ4n) is 2.80. The summed E-state index contributed by atoms with van der Waals surface area (Å²) in [5.41, 5.74) is 2.05. The Kier molecular flexibility index (Phi) is 4.83. The molecule has 2 aromatic carbocycles. The van der Waals surface area contributed by atoms with Gasteiger partial charge in [-0.15, -0.1) is 0 Å². The number of hydrogen-bond donors (Lipinski definition) is 1. The Morgan fingerprint density at radius 2 is 1.73 bits per heavy atom. The van der Waals surface area contributed by atoms with Crippen LogP contribution >= 0.6 is 11.6 Å². The van der Waals surface area contributed by atoms with E-state index in [0.29, 0.717) is 22.0 Å². The van der Waals surface area contributed by atoms with Crippen molar-refractivity contribution in [1.82, 2.24) is 4.90 Å². The Morgan fingerprint density at radius 1 is 1.12 bits per heavy atom. The maximum Gasteiger partial charge on any atom is 0.275 e. The van der Waals surface area contributed by atoms with Crippen LogP contribution in [0.1, 0.15) is 25.0 Å². The second-order valence-corrected chi connectivity index (χ2v) is 7.20. The number of amides is 2. The van der Waals surface area contributed by atoms with E-state index in [1.54, 1.807) is 24.3 Å². The van der Waals surface area contributed by atoms with Gasteiger partial charge in [-0.05, 0) is 45.0 Å². The van der Waals surface area contributed by atoms with Crippen molar-refractivity contribution in [2.75, 3.05) is 11.9 Å². The zero-order chi connectivity index (χ0) is 18.9. The SMILES string of the molecule is Cc1ccc(NC(=O)CN2C(=O)C(c3ccc(Cl)cc3)=NC2(C)C)cc1. The van der Waals surface area contributed by atoms with Crippen molar-refractivity contribution in [3.05, 3.63) is 64.7 Å². The summed E-state index contributed by atoms with van der Waals surface area (Å²) in [6, 6.07) is 14.4. The Balaban J connectivity index is 1.74. The molecule has 0 bridgehead atoms. The highest BCUT2D eigenvalue weighted by atomic mass is 35.5. The molecule has 26 heavy (non-hydrogen) atoms. The van der Waals surface area contributed by atoms with Crippen LogP contribution in [0.4, 0.5) is 5.69 Å². The number of anilines is 1. The van der Waals surface area contributed by atoms with Gasteiger partial charge in [0.1, 0.15) is 17.9 Å². The zero-order valence-electron chi connectivity index (χ0n) is 14.9. The van der Waals surface area contributed by atoms with Gasteiger partial charge in [0.25, 0.3) is 5.91 Å². The number of halogens is 1. The lowest BCUT2D eigenvalue weighted by Gasteiger charge is -2.28. The molecule has 3 rings (SSSR count). The second kappa shape index (κ2) is 6.92. The van der Waals surface area contributed by atoms with Gasteiger partial charge in [0.15, 0.2) is 0 Å². The standard InChI is InChI=1S/C20H20ClN3O2/c1-13-4-10-16(11-5-13)22-17(25)12-24-19(26)18(23-20(24,2)3)14-6-8-15(21)9-7-14/h4-11H,12H2,1-3H3,(H,22,25). The van der Waals surface area contributed by atoms with Crippen LogP contribution in [0.15, 0.2) is 53.5 Å². The first-order valence-electron chi connectivity index (χ1n) is 8.30. The molecule has 1 aliphatic heterocycles. The summed E-state index contributed by atoms with van der Waals surface area (Å²) in [4.78, 5) is 31.2. The molecule has 134 valence electrons. The van der Waals surface area contributed by atoms with E-state index in [2.05, 4.69) is 10.3 Å². The minimum absolute atomic E-state index is 0.0691. The highest BCUT2D eigenvalue weighted by Crippen LogP contribution is 2.26. The van der Waals surface area contributed by atoms with Crippen LogP contribution in [-0.2, 0) is 9.59 Å². The van der Waals surface area contributed by atoms with E-state index in [9.17, 15) is 9.59 Å². The number of hydrogen-bond acceptors (Lipinski definition) is 3. The van der Waals surface area contributed by atoms with Crippen molar-refractivity contribution >= 4 is 34.8 Å². The molecule has 0 saturated heterocycles. The van der Waals surface area contributed by atoms with Crippen LogP contribution in [0, 0.1) is 6.92 Å². The molecule has 0 aliphatic carbocycles. The van der Waals surface area contributed by atoms with E-state index >= 15 is 0 Å². The van der Waals surface area contributed by atoms with Crippen molar-refractivity contribution < 1.29 is 9.59 Å². The van der Waals surface area contributed by atoms with Gasteiger partial charge in [0.2, 0.25) is 5.91 Å². The summed E-state index contributed by atoms with van der Waals surface area (Å²) >= 11 is 5.91. The van der Waals surface area contributed by atoms with Crippen molar-refractivity contribution in [2.24, 2.45) is 4.99 Å². The van der Waals surface area contributed by atoms with E-state index in [-0.39, 0.29) is 18.4 Å². The van der Waals surface area contributed by atoms with Crippen molar-refractivity contribution in [3.8, 4) is 0 Å². The molecule has 2 aromatic rings. The van der Waals surface area contributed by atoms with Crippen LogP contribution in [0.2, 0.25) is 5.02 Å². The Hall–Kier alpha value is -2.66. The summed E-state index contributed by atoms with van der Waals surface area (Å²) in [6.45, 7) is 5.53. The summed E-state index contributed by atoms with van der Waals surface area (Å²) < 4.78 is 0. The van der Waals surface area contributed by atoms with E-state index in [4.69, 9.17) is 11.6 Å². The molecule has 0 aromatic heterocycles. The lowest BCUT2D eigenvalue weighted by Crippen LogP contribution is -2.46. The lowest BCUT2D eigenvalue weighted by molar-refractivity contribution is -0.131. The quantitative estimate of drug-likeness (QED) is 0.894. The minimum Gasteiger partial charge on any atom is -0.325 e. The van der Waals surface area contributed by atoms with Crippen molar-refractivity contribution in [2.45, 2.75) is 26.4 Å². The van der Waals surface area contributed by atoms with Crippen molar-refractivity contribution in [1.29, 1.82) is 0 Å². The van der Waals surface area contributed by atoms with Crippen LogP contribution < -0.4 is 5.32 Å². The van der Waals surface area contributed by atoms with E-state index < -0.39 is 5.66 Å². The molecule has 2 amide bonds. The number of carbonyl (C=O) groups is 2.